The molecule has 1 saturated carbocycles. The average Bonchev–Trinajstić information content (AvgIpc) is 2.79. The van der Waals surface area contributed by atoms with Crippen molar-refractivity contribution in [3.8, 4) is 0 Å². The summed E-state index contributed by atoms with van der Waals surface area (Å²) in [5.74, 6) is -4.04. The van der Waals surface area contributed by atoms with Crippen molar-refractivity contribution >= 4 is 17.5 Å². The standard InChI is InChI=1S/C14H15ClF2N2O/c1-7(2)8-3-11(15)12(18-4-8)13(20)19-5-9-10(6-19)14(9,16)17/h3-4,7,9-10H,5-6H2,1-2H3. The van der Waals surface area contributed by atoms with E-state index in [1.54, 1.807) is 12.3 Å². The van der Waals surface area contributed by atoms with Crippen LogP contribution in [0.3, 0.4) is 0 Å². The molecule has 0 aromatic carbocycles. The number of hydrogen-bond acceptors (Lipinski definition) is 2. The van der Waals surface area contributed by atoms with Crippen LogP contribution in [0.15, 0.2) is 12.3 Å². The Labute approximate surface area is 120 Å². The lowest BCUT2D eigenvalue weighted by Crippen LogP contribution is -2.34. The maximum absolute atomic E-state index is 13.1. The summed E-state index contributed by atoms with van der Waals surface area (Å²) in [6, 6.07) is 1.72. The summed E-state index contributed by atoms with van der Waals surface area (Å²) in [7, 11) is 0. The molecule has 0 spiro atoms. The van der Waals surface area contributed by atoms with E-state index in [0.717, 1.165) is 5.56 Å². The summed E-state index contributed by atoms with van der Waals surface area (Å²) >= 11 is 6.09. The predicted molar refractivity (Wildman–Crippen MR) is 71.2 cm³/mol. The van der Waals surface area contributed by atoms with E-state index in [0.29, 0.717) is 0 Å². The van der Waals surface area contributed by atoms with Crippen molar-refractivity contribution in [2.45, 2.75) is 25.7 Å². The third kappa shape index (κ3) is 1.99. The van der Waals surface area contributed by atoms with Crippen molar-refractivity contribution in [3.63, 3.8) is 0 Å². The smallest absolute Gasteiger partial charge is 0.274 e. The van der Waals surface area contributed by atoms with Crippen LogP contribution in [0.4, 0.5) is 8.78 Å². The van der Waals surface area contributed by atoms with Crippen LogP contribution in [-0.4, -0.2) is 34.8 Å². The van der Waals surface area contributed by atoms with Gasteiger partial charge in [0.25, 0.3) is 11.8 Å². The number of halogens is 3. The van der Waals surface area contributed by atoms with Gasteiger partial charge >= 0.3 is 0 Å². The molecule has 0 N–H and O–H groups in total. The van der Waals surface area contributed by atoms with E-state index >= 15 is 0 Å². The van der Waals surface area contributed by atoms with Crippen LogP contribution in [0.2, 0.25) is 5.02 Å². The number of aromatic nitrogens is 1. The summed E-state index contributed by atoms with van der Waals surface area (Å²) < 4.78 is 26.2. The Morgan fingerprint density at radius 1 is 1.45 bits per heavy atom. The van der Waals surface area contributed by atoms with Crippen LogP contribution in [0.5, 0.6) is 0 Å². The van der Waals surface area contributed by atoms with Gasteiger partial charge in [0.2, 0.25) is 0 Å². The molecule has 3 nitrogen and oxygen atoms in total. The van der Waals surface area contributed by atoms with Gasteiger partial charge in [-0.05, 0) is 17.5 Å². The summed E-state index contributed by atoms with van der Waals surface area (Å²) in [4.78, 5) is 17.8. The van der Waals surface area contributed by atoms with Crippen molar-refractivity contribution in [3.05, 3.63) is 28.5 Å². The first-order valence-electron chi connectivity index (χ1n) is 6.65. The number of carbonyl (C=O) groups excluding carboxylic acids is 1. The molecule has 2 fully saturated rings. The maximum atomic E-state index is 13.1. The Balaban J connectivity index is 1.76. The van der Waals surface area contributed by atoms with E-state index in [2.05, 4.69) is 4.98 Å². The van der Waals surface area contributed by atoms with Crippen molar-refractivity contribution in [1.29, 1.82) is 0 Å². The van der Waals surface area contributed by atoms with Gasteiger partial charge in [-0.15, -0.1) is 0 Å². The van der Waals surface area contributed by atoms with Gasteiger partial charge in [-0.3, -0.25) is 4.79 Å². The molecule has 2 unspecified atom stereocenters. The second-order valence-electron chi connectivity index (χ2n) is 5.85. The number of alkyl halides is 2. The fourth-order valence-electron chi connectivity index (χ4n) is 2.75. The van der Waals surface area contributed by atoms with Gasteiger partial charge in [-0.1, -0.05) is 25.4 Å². The highest BCUT2D eigenvalue weighted by Crippen LogP contribution is 2.59. The second kappa shape index (κ2) is 4.38. The Morgan fingerprint density at radius 3 is 2.55 bits per heavy atom. The number of hydrogen-bond donors (Lipinski definition) is 0. The molecule has 2 atom stereocenters. The SMILES string of the molecule is CC(C)c1cnc(C(=O)N2CC3C(C2)C3(F)F)c(Cl)c1. The molecule has 6 heteroatoms. The molecular formula is C14H15ClF2N2O. The summed E-state index contributed by atoms with van der Waals surface area (Å²) in [6.45, 7) is 4.21. The lowest BCUT2D eigenvalue weighted by Gasteiger charge is -2.20. The topological polar surface area (TPSA) is 33.2 Å². The van der Waals surface area contributed by atoms with Crippen LogP contribution in [0.1, 0.15) is 35.8 Å². The van der Waals surface area contributed by atoms with Crippen LogP contribution in [0.25, 0.3) is 0 Å². The second-order valence-corrected chi connectivity index (χ2v) is 6.26. The zero-order chi connectivity index (χ0) is 14.7. The predicted octanol–water partition coefficient (Wildman–Crippen LogP) is 3.20. The number of pyridine rings is 1. The molecule has 1 amide bonds. The van der Waals surface area contributed by atoms with Gasteiger partial charge in [0, 0.05) is 19.3 Å². The number of nitrogens with zero attached hydrogens (tertiary/aromatic N) is 2. The lowest BCUT2D eigenvalue weighted by molar-refractivity contribution is 0.0456. The van der Waals surface area contributed by atoms with Gasteiger partial charge in [-0.2, -0.15) is 0 Å². The molecule has 1 aromatic rings. The molecule has 1 aliphatic carbocycles. The molecular weight excluding hydrogens is 286 g/mol. The van der Waals surface area contributed by atoms with E-state index in [1.807, 2.05) is 13.8 Å². The third-order valence-electron chi connectivity index (χ3n) is 4.22. The number of rotatable bonds is 2. The number of carbonyl (C=O) groups is 1. The van der Waals surface area contributed by atoms with Crippen LogP contribution in [0, 0.1) is 11.8 Å². The van der Waals surface area contributed by atoms with Gasteiger partial charge in [0.05, 0.1) is 16.9 Å². The quantitative estimate of drug-likeness (QED) is 0.840. The van der Waals surface area contributed by atoms with Crippen LogP contribution in [-0.2, 0) is 0 Å². The molecule has 2 aliphatic rings. The Bertz CT molecular complexity index is 562. The first kappa shape index (κ1) is 13.7. The van der Waals surface area contributed by atoms with E-state index in [-0.39, 0.29) is 35.6 Å². The molecule has 3 rings (SSSR count). The molecule has 1 aliphatic heterocycles. The summed E-state index contributed by atoms with van der Waals surface area (Å²) in [5, 5.41) is 0.286. The Kier molecular flexibility index (Phi) is 3.01. The van der Waals surface area contributed by atoms with Crippen LogP contribution >= 0.6 is 11.6 Å². The van der Waals surface area contributed by atoms with Crippen LogP contribution < -0.4 is 0 Å². The van der Waals surface area contributed by atoms with Crippen molar-refractivity contribution in [2.24, 2.45) is 11.8 Å². The van der Waals surface area contributed by atoms with Gasteiger partial charge < -0.3 is 4.90 Å². The van der Waals surface area contributed by atoms with Crippen molar-refractivity contribution in [2.75, 3.05) is 13.1 Å². The summed E-state index contributed by atoms with van der Waals surface area (Å²) in [5.41, 5.74) is 1.10. The lowest BCUT2D eigenvalue weighted by atomic mass is 10.1. The fourth-order valence-corrected chi connectivity index (χ4v) is 3.00. The first-order chi connectivity index (χ1) is 9.32. The van der Waals surface area contributed by atoms with E-state index in [1.165, 1.54) is 4.90 Å². The third-order valence-corrected chi connectivity index (χ3v) is 4.51. The molecule has 0 bridgehead atoms. The molecule has 20 heavy (non-hydrogen) atoms. The van der Waals surface area contributed by atoms with E-state index in [4.69, 9.17) is 11.6 Å². The average molecular weight is 301 g/mol. The first-order valence-corrected chi connectivity index (χ1v) is 7.02. The van der Waals surface area contributed by atoms with E-state index < -0.39 is 17.8 Å². The number of amides is 1. The van der Waals surface area contributed by atoms with Gasteiger partial charge in [0.15, 0.2) is 0 Å². The zero-order valence-corrected chi connectivity index (χ0v) is 12.0. The molecule has 108 valence electrons. The molecule has 1 saturated heterocycles. The maximum Gasteiger partial charge on any atom is 0.274 e. The normalized spacial score (nSPS) is 26.8. The number of piperidine rings is 1. The monoisotopic (exact) mass is 300 g/mol. The Morgan fingerprint density at radius 2 is 2.05 bits per heavy atom. The fraction of sp³-hybridized carbons (Fsp3) is 0.571. The van der Waals surface area contributed by atoms with Crippen molar-refractivity contribution < 1.29 is 13.6 Å². The largest absolute Gasteiger partial charge is 0.336 e. The highest BCUT2D eigenvalue weighted by Gasteiger charge is 2.72. The molecule has 2 heterocycles. The zero-order valence-electron chi connectivity index (χ0n) is 11.2. The highest BCUT2D eigenvalue weighted by molar-refractivity contribution is 6.33. The number of likely N-dealkylation sites (tertiary alicyclic amines) is 1. The minimum Gasteiger partial charge on any atom is -0.336 e. The number of fused-ring (bicyclic) bond motifs is 1. The minimum absolute atomic E-state index is 0.0977. The van der Waals surface area contributed by atoms with Crippen molar-refractivity contribution in [1.82, 2.24) is 9.88 Å². The minimum atomic E-state index is -2.59. The van der Waals surface area contributed by atoms with Gasteiger partial charge in [0.1, 0.15) is 5.69 Å². The summed E-state index contributed by atoms with van der Waals surface area (Å²) in [6.07, 6.45) is 1.62. The highest BCUT2D eigenvalue weighted by atomic mass is 35.5. The van der Waals surface area contributed by atoms with E-state index in [9.17, 15) is 13.6 Å². The van der Waals surface area contributed by atoms with Gasteiger partial charge in [-0.25, -0.2) is 13.8 Å². The Hall–Kier alpha value is -1.23. The molecule has 1 aromatic heterocycles. The molecule has 0 radical (unpaired) electrons.